The fraction of sp³-hybridized carbons (Fsp3) is 0.875. The average Bonchev–Trinajstić information content (AvgIpc) is 1.88. The first-order valence-electron chi connectivity index (χ1n) is 3.94. The normalized spacial score (nSPS) is 33.7. The summed E-state index contributed by atoms with van der Waals surface area (Å²) >= 11 is 0. The van der Waals surface area contributed by atoms with Crippen molar-refractivity contribution in [1.82, 2.24) is 0 Å². The van der Waals surface area contributed by atoms with Crippen molar-refractivity contribution >= 4 is 5.97 Å². The third-order valence-corrected chi connectivity index (χ3v) is 2.43. The average molecular weight is 142 g/mol. The van der Waals surface area contributed by atoms with Gasteiger partial charge in [-0.3, -0.25) is 4.79 Å². The van der Waals surface area contributed by atoms with Gasteiger partial charge in [-0.05, 0) is 18.8 Å². The Labute approximate surface area is 61.2 Å². The van der Waals surface area contributed by atoms with E-state index in [2.05, 4.69) is 0 Å². The van der Waals surface area contributed by atoms with Crippen LogP contribution in [0, 0.1) is 11.8 Å². The standard InChI is InChI=1S/C8H14O2/c1-6-4-2-3-5-7(6)8(9)10/h6-7H,2-5H2,1H3,(H,9,10)/t6-,7+/m1/s1. The van der Waals surface area contributed by atoms with E-state index in [1.165, 1.54) is 6.42 Å². The third kappa shape index (κ3) is 1.49. The molecule has 0 aromatic carbocycles. The quantitative estimate of drug-likeness (QED) is 0.607. The lowest BCUT2D eigenvalue weighted by Crippen LogP contribution is -2.24. The fourth-order valence-electron chi connectivity index (χ4n) is 1.68. The molecule has 10 heavy (non-hydrogen) atoms. The molecule has 1 aliphatic rings. The molecule has 2 heteroatoms. The molecule has 1 rings (SSSR count). The predicted octanol–water partition coefficient (Wildman–Crippen LogP) is 1.90. The number of carbonyl (C=O) groups is 1. The molecule has 1 saturated carbocycles. The summed E-state index contributed by atoms with van der Waals surface area (Å²) in [6.45, 7) is 2.04. The number of aliphatic carboxylic acids is 1. The van der Waals surface area contributed by atoms with Crippen molar-refractivity contribution in [2.24, 2.45) is 11.8 Å². The summed E-state index contributed by atoms with van der Waals surface area (Å²) in [5.41, 5.74) is 0. The molecule has 0 spiro atoms. The van der Waals surface area contributed by atoms with Crippen molar-refractivity contribution in [2.45, 2.75) is 32.6 Å². The minimum atomic E-state index is -0.604. The van der Waals surface area contributed by atoms with Crippen molar-refractivity contribution in [1.29, 1.82) is 0 Å². The number of rotatable bonds is 1. The maximum absolute atomic E-state index is 10.6. The lowest BCUT2D eigenvalue weighted by Gasteiger charge is -2.24. The maximum atomic E-state index is 10.6. The Morgan fingerprint density at radius 2 is 2.00 bits per heavy atom. The van der Waals surface area contributed by atoms with Gasteiger partial charge in [0.2, 0.25) is 0 Å². The summed E-state index contributed by atoms with van der Waals surface area (Å²) in [5, 5.41) is 8.71. The zero-order valence-corrected chi connectivity index (χ0v) is 6.34. The van der Waals surface area contributed by atoms with E-state index in [1.807, 2.05) is 6.92 Å². The second kappa shape index (κ2) is 3.04. The Bertz CT molecular complexity index is 131. The van der Waals surface area contributed by atoms with Crippen molar-refractivity contribution in [3.8, 4) is 0 Å². The SMILES string of the molecule is C[C@@H]1CCCC[C@@H]1C(=O)O. The number of carboxylic acids is 1. The molecule has 1 fully saturated rings. The van der Waals surface area contributed by atoms with Gasteiger partial charge in [-0.15, -0.1) is 0 Å². The van der Waals surface area contributed by atoms with Crippen molar-refractivity contribution in [3.05, 3.63) is 0 Å². The van der Waals surface area contributed by atoms with Crippen LogP contribution < -0.4 is 0 Å². The molecule has 0 aliphatic heterocycles. The van der Waals surface area contributed by atoms with Crippen LogP contribution in [-0.2, 0) is 4.79 Å². The second-order valence-electron chi connectivity index (χ2n) is 3.21. The molecule has 2 nitrogen and oxygen atoms in total. The Kier molecular flexibility index (Phi) is 2.30. The molecule has 0 aromatic rings. The minimum Gasteiger partial charge on any atom is -0.481 e. The van der Waals surface area contributed by atoms with Gasteiger partial charge >= 0.3 is 5.97 Å². The van der Waals surface area contributed by atoms with E-state index in [0.29, 0.717) is 5.92 Å². The van der Waals surface area contributed by atoms with Gasteiger partial charge in [0.15, 0.2) is 0 Å². The summed E-state index contributed by atoms with van der Waals surface area (Å²) in [5.74, 6) is -0.271. The van der Waals surface area contributed by atoms with Crippen LogP contribution in [-0.4, -0.2) is 11.1 Å². The first-order chi connectivity index (χ1) is 4.72. The summed E-state index contributed by atoms with van der Waals surface area (Å²) in [6.07, 6.45) is 4.29. The molecule has 0 unspecified atom stereocenters. The summed E-state index contributed by atoms with van der Waals surface area (Å²) in [4.78, 5) is 10.6. The second-order valence-corrected chi connectivity index (χ2v) is 3.21. The van der Waals surface area contributed by atoms with E-state index in [0.717, 1.165) is 19.3 Å². The highest BCUT2D eigenvalue weighted by Gasteiger charge is 2.26. The highest BCUT2D eigenvalue weighted by Crippen LogP contribution is 2.29. The van der Waals surface area contributed by atoms with Crippen molar-refractivity contribution < 1.29 is 9.90 Å². The molecule has 2 atom stereocenters. The van der Waals surface area contributed by atoms with Crippen LogP contribution in [0.15, 0.2) is 0 Å². The topological polar surface area (TPSA) is 37.3 Å². The molecular weight excluding hydrogens is 128 g/mol. The van der Waals surface area contributed by atoms with E-state index in [1.54, 1.807) is 0 Å². The Morgan fingerprint density at radius 1 is 1.40 bits per heavy atom. The van der Waals surface area contributed by atoms with Crippen LogP contribution in [0.3, 0.4) is 0 Å². The van der Waals surface area contributed by atoms with Crippen LogP contribution in [0.5, 0.6) is 0 Å². The highest BCUT2D eigenvalue weighted by atomic mass is 16.4. The Hall–Kier alpha value is -0.530. The summed E-state index contributed by atoms with van der Waals surface area (Å²) < 4.78 is 0. The molecule has 0 saturated heterocycles. The monoisotopic (exact) mass is 142 g/mol. The van der Waals surface area contributed by atoms with E-state index < -0.39 is 5.97 Å². The molecule has 0 aromatic heterocycles. The molecule has 0 bridgehead atoms. The van der Waals surface area contributed by atoms with Crippen LogP contribution in [0.2, 0.25) is 0 Å². The smallest absolute Gasteiger partial charge is 0.306 e. The van der Waals surface area contributed by atoms with Crippen LogP contribution >= 0.6 is 0 Å². The van der Waals surface area contributed by atoms with Gasteiger partial charge in [0.25, 0.3) is 0 Å². The van der Waals surface area contributed by atoms with Crippen molar-refractivity contribution in [2.75, 3.05) is 0 Å². The first-order valence-corrected chi connectivity index (χ1v) is 3.94. The Morgan fingerprint density at radius 3 is 2.40 bits per heavy atom. The largest absolute Gasteiger partial charge is 0.481 e. The van der Waals surface area contributed by atoms with Gasteiger partial charge < -0.3 is 5.11 Å². The maximum Gasteiger partial charge on any atom is 0.306 e. The van der Waals surface area contributed by atoms with Gasteiger partial charge in [0.05, 0.1) is 5.92 Å². The molecular formula is C8H14O2. The molecule has 58 valence electrons. The number of hydrogen-bond acceptors (Lipinski definition) is 1. The molecule has 0 amide bonds. The van der Waals surface area contributed by atoms with E-state index in [-0.39, 0.29) is 5.92 Å². The van der Waals surface area contributed by atoms with Crippen LogP contribution in [0.1, 0.15) is 32.6 Å². The lowest BCUT2D eigenvalue weighted by atomic mass is 9.81. The molecule has 1 aliphatic carbocycles. The number of hydrogen-bond donors (Lipinski definition) is 1. The molecule has 0 heterocycles. The molecule has 1 N–H and O–H groups in total. The zero-order valence-electron chi connectivity index (χ0n) is 6.34. The predicted molar refractivity (Wildman–Crippen MR) is 38.8 cm³/mol. The fourth-order valence-corrected chi connectivity index (χ4v) is 1.68. The van der Waals surface area contributed by atoms with Gasteiger partial charge in [-0.2, -0.15) is 0 Å². The lowest BCUT2D eigenvalue weighted by molar-refractivity contribution is -0.144. The molecule has 0 radical (unpaired) electrons. The van der Waals surface area contributed by atoms with E-state index in [9.17, 15) is 4.79 Å². The summed E-state index contributed by atoms with van der Waals surface area (Å²) in [6, 6.07) is 0. The van der Waals surface area contributed by atoms with Gasteiger partial charge in [-0.1, -0.05) is 19.8 Å². The van der Waals surface area contributed by atoms with Crippen LogP contribution in [0.25, 0.3) is 0 Å². The number of carboxylic acid groups (broad SMARTS) is 1. The zero-order chi connectivity index (χ0) is 7.56. The first kappa shape index (κ1) is 7.58. The minimum absolute atomic E-state index is 0.0613. The summed E-state index contributed by atoms with van der Waals surface area (Å²) in [7, 11) is 0. The highest BCUT2D eigenvalue weighted by molar-refractivity contribution is 5.70. The van der Waals surface area contributed by atoms with Gasteiger partial charge in [0.1, 0.15) is 0 Å². The van der Waals surface area contributed by atoms with E-state index >= 15 is 0 Å². The van der Waals surface area contributed by atoms with Crippen LogP contribution in [0.4, 0.5) is 0 Å². The third-order valence-electron chi connectivity index (χ3n) is 2.43. The van der Waals surface area contributed by atoms with E-state index in [4.69, 9.17) is 5.11 Å². The Balaban J connectivity index is 2.47. The van der Waals surface area contributed by atoms with Gasteiger partial charge in [-0.25, -0.2) is 0 Å². The van der Waals surface area contributed by atoms with Gasteiger partial charge in [0, 0.05) is 0 Å². The van der Waals surface area contributed by atoms with Crippen molar-refractivity contribution in [3.63, 3.8) is 0 Å².